The predicted molar refractivity (Wildman–Crippen MR) is 124 cm³/mol. The molecule has 3 aromatic rings. The van der Waals surface area contributed by atoms with Gasteiger partial charge in [0.15, 0.2) is 0 Å². The summed E-state index contributed by atoms with van der Waals surface area (Å²) in [5, 5.41) is 14.2. The van der Waals surface area contributed by atoms with E-state index in [0.29, 0.717) is 0 Å². The smallest absolute Gasteiger partial charge is 0.407 e. The number of carboxylic acids is 1. The van der Waals surface area contributed by atoms with Crippen LogP contribution in [0.1, 0.15) is 40.7 Å². The Bertz CT molecular complexity index is 1210. The van der Waals surface area contributed by atoms with E-state index in [1.54, 1.807) is 6.92 Å². The van der Waals surface area contributed by atoms with E-state index in [-0.39, 0.29) is 24.6 Å². The lowest BCUT2D eigenvalue weighted by Crippen LogP contribution is -2.36. The number of alkyl carbamates (subject to hydrolysis) is 1. The van der Waals surface area contributed by atoms with E-state index >= 15 is 0 Å². The Kier molecular flexibility index (Phi) is 6.58. The molecule has 174 valence electrons. The van der Waals surface area contributed by atoms with Crippen molar-refractivity contribution in [2.24, 2.45) is 0 Å². The number of fused-ring (bicyclic) bond motifs is 3. The number of carboxylic acid groups (broad SMARTS) is 1. The molecule has 0 fully saturated rings. The molecule has 0 spiro atoms. The first-order chi connectivity index (χ1) is 16.3. The van der Waals surface area contributed by atoms with Crippen molar-refractivity contribution in [2.45, 2.75) is 25.3 Å². The topological polar surface area (TPSA) is 105 Å². The summed E-state index contributed by atoms with van der Waals surface area (Å²) in [6.45, 7) is 1.76. The molecule has 34 heavy (non-hydrogen) atoms. The monoisotopic (exact) mass is 462 g/mol. The number of halogens is 1. The van der Waals surface area contributed by atoms with Gasteiger partial charge in [0.05, 0.1) is 5.69 Å². The fourth-order valence-corrected chi connectivity index (χ4v) is 4.22. The van der Waals surface area contributed by atoms with E-state index in [9.17, 15) is 18.8 Å². The van der Waals surface area contributed by atoms with Crippen LogP contribution in [-0.2, 0) is 9.53 Å². The zero-order valence-corrected chi connectivity index (χ0v) is 18.4. The van der Waals surface area contributed by atoms with E-state index in [1.807, 2.05) is 48.5 Å². The van der Waals surface area contributed by atoms with Crippen LogP contribution < -0.4 is 10.6 Å². The highest BCUT2D eigenvalue weighted by Crippen LogP contribution is 2.44. The molecule has 0 aliphatic heterocycles. The van der Waals surface area contributed by atoms with E-state index in [4.69, 9.17) is 9.84 Å². The van der Waals surface area contributed by atoms with E-state index in [0.717, 1.165) is 28.3 Å². The highest BCUT2D eigenvalue weighted by molar-refractivity contribution is 6.00. The highest BCUT2D eigenvalue weighted by Gasteiger charge is 2.29. The van der Waals surface area contributed by atoms with Gasteiger partial charge in [0.2, 0.25) is 5.91 Å². The van der Waals surface area contributed by atoms with Crippen LogP contribution in [-0.4, -0.2) is 35.7 Å². The predicted octanol–water partition coefficient (Wildman–Crippen LogP) is 4.78. The molecule has 0 bridgehead atoms. The van der Waals surface area contributed by atoms with Gasteiger partial charge in [0.25, 0.3) is 0 Å². The van der Waals surface area contributed by atoms with Crippen molar-refractivity contribution < 1.29 is 28.6 Å². The first-order valence-electron chi connectivity index (χ1n) is 10.8. The van der Waals surface area contributed by atoms with Gasteiger partial charge in [-0.3, -0.25) is 4.79 Å². The molecular formula is C26H23FN2O5. The van der Waals surface area contributed by atoms with Crippen LogP contribution in [0.25, 0.3) is 11.1 Å². The van der Waals surface area contributed by atoms with Gasteiger partial charge in [-0.1, -0.05) is 54.6 Å². The molecule has 0 unspecified atom stereocenters. The number of ether oxygens (including phenoxy) is 1. The maximum Gasteiger partial charge on any atom is 0.407 e. The average molecular weight is 462 g/mol. The molecule has 0 aromatic heterocycles. The normalized spacial score (nSPS) is 12.9. The van der Waals surface area contributed by atoms with Gasteiger partial charge in [-0.2, -0.15) is 0 Å². The molecule has 1 aliphatic carbocycles. The third kappa shape index (κ3) is 4.76. The Hall–Kier alpha value is -4.20. The van der Waals surface area contributed by atoms with Gasteiger partial charge in [0, 0.05) is 18.4 Å². The number of carbonyl (C=O) groups excluding carboxylic acids is 2. The van der Waals surface area contributed by atoms with Gasteiger partial charge in [0.1, 0.15) is 18.0 Å². The first-order valence-corrected chi connectivity index (χ1v) is 10.8. The summed E-state index contributed by atoms with van der Waals surface area (Å²) in [6.07, 6.45) is -0.820. The van der Waals surface area contributed by atoms with Crippen molar-refractivity contribution in [1.82, 2.24) is 5.32 Å². The molecule has 0 saturated heterocycles. The maximum atomic E-state index is 13.8. The number of aromatic carboxylic acids is 1. The van der Waals surface area contributed by atoms with Crippen molar-refractivity contribution in [3.8, 4) is 11.1 Å². The minimum absolute atomic E-state index is 0.0841. The Labute approximate surface area is 195 Å². The molecule has 1 atom stereocenters. The van der Waals surface area contributed by atoms with Crippen molar-refractivity contribution in [3.63, 3.8) is 0 Å². The zero-order valence-electron chi connectivity index (χ0n) is 18.4. The lowest BCUT2D eigenvalue weighted by molar-refractivity contribution is -0.116. The van der Waals surface area contributed by atoms with Crippen molar-refractivity contribution in [1.29, 1.82) is 0 Å². The summed E-state index contributed by atoms with van der Waals surface area (Å²) in [6, 6.07) is 19.0. The number of amides is 2. The number of carbonyl (C=O) groups is 3. The van der Waals surface area contributed by atoms with Gasteiger partial charge in [-0.15, -0.1) is 0 Å². The number of rotatable bonds is 7. The molecule has 2 amide bonds. The standard InChI is InChI=1S/C26H23FN2O5/c1-15(13-23(30)29-22-12-6-11-21(27)24(22)25(31)32)28-26(33)34-14-20-18-9-4-2-7-16(18)17-8-3-5-10-19(17)20/h2-12,15,20H,13-14H2,1H3,(H,28,33)(H,29,30)(H,31,32)/t15-/m0/s1. The van der Waals surface area contributed by atoms with Crippen LogP contribution in [0.15, 0.2) is 66.7 Å². The largest absolute Gasteiger partial charge is 0.478 e. The molecule has 3 N–H and O–H groups in total. The molecule has 4 rings (SSSR count). The van der Waals surface area contributed by atoms with Gasteiger partial charge in [-0.25, -0.2) is 14.0 Å². The quantitative estimate of drug-likeness (QED) is 0.469. The van der Waals surface area contributed by atoms with Gasteiger partial charge in [-0.05, 0) is 41.3 Å². The molecule has 8 heteroatoms. The van der Waals surface area contributed by atoms with Crippen LogP contribution in [0.3, 0.4) is 0 Å². The Morgan fingerprint density at radius 2 is 1.59 bits per heavy atom. The maximum absolute atomic E-state index is 13.8. The van der Waals surface area contributed by atoms with Crippen molar-refractivity contribution in [3.05, 3.63) is 89.2 Å². The molecule has 1 aliphatic rings. The third-order valence-electron chi connectivity index (χ3n) is 5.70. The number of hydrogen-bond donors (Lipinski definition) is 3. The summed E-state index contributed by atoms with van der Waals surface area (Å²) in [5.41, 5.74) is 3.66. The summed E-state index contributed by atoms with van der Waals surface area (Å²) in [5.74, 6) is -3.09. The number of anilines is 1. The fourth-order valence-electron chi connectivity index (χ4n) is 4.22. The lowest BCUT2D eigenvalue weighted by atomic mass is 9.98. The first kappa shape index (κ1) is 23.0. The van der Waals surface area contributed by atoms with E-state index < -0.39 is 35.4 Å². The molecular weight excluding hydrogens is 439 g/mol. The van der Waals surface area contributed by atoms with Crippen molar-refractivity contribution >= 4 is 23.7 Å². The second-order valence-electron chi connectivity index (χ2n) is 8.09. The number of hydrogen-bond acceptors (Lipinski definition) is 4. The summed E-state index contributed by atoms with van der Waals surface area (Å²) < 4.78 is 19.2. The highest BCUT2D eigenvalue weighted by atomic mass is 19.1. The fraction of sp³-hybridized carbons (Fsp3) is 0.192. The van der Waals surface area contributed by atoms with E-state index in [1.165, 1.54) is 12.1 Å². The van der Waals surface area contributed by atoms with Crippen LogP contribution in [0.4, 0.5) is 14.9 Å². The van der Waals surface area contributed by atoms with Crippen LogP contribution in [0.5, 0.6) is 0 Å². The Morgan fingerprint density at radius 1 is 0.971 bits per heavy atom. The minimum atomic E-state index is -1.49. The zero-order chi connectivity index (χ0) is 24.2. The van der Waals surface area contributed by atoms with Crippen LogP contribution in [0.2, 0.25) is 0 Å². The van der Waals surface area contributed by atoms with Gasteiger partial charge >= 0.3 is 12.1 Å². The van der Waals surface area contributed by atoms with Crippen molar-refractivity contribution in [2.75, 3.05) is 11.9 Å². The summed E-state index contributed by atoms with van der Waals surface area (Å²) >= 11 is 0. The summed E-state index contributed by atoms with van der Waals surface area (Å²) in [4.78, 5) is 35.9. The van der Waals surface area contributed by atoms with Gasteiger partial charge < -0.3 is 20.5 Å². The molecule has 0 radical (unpaired) electrons. The summed E-state index contributed by atoms with van der Waals surface area (Å²) in [7, 11) is 0. The lowest BCUT2D eigenvalue weighted by Gasteiger charge is -2.17. The Morgan fingerprint density at radius 3 is 2.21 bits per heavy atom. The molecule has 7 nitrogen and oxygen atoms in total. The minimum Gasteiger partial charge on any atom is -0.478 e. The average Bonchev–Trinajstić information content (AvgIpc) is 3.11. The Balaban J connectivity index is 1.33. The van der Waals surface area contributed by atoms with Crippen LogP contribution in [0, 0.1) is 5.82 Å². The van der Waals surface area contributed by atoms with Crippen LogP contribution >= 0.6 is 0 Å². The molecule has 0 heterocycles. The molecule has 0 saturated carbocycles. The second kappa shape index (κ2) is 9.74. The SMILES string of the molecule is C[C@@H](CC(=O)Nc1cccc(F)c1C(=O)O)NC(=O)OCC1c2ccccc2-c2ccccc21. The second-order valence-corrected chi connectivity index (χ2v) is 8.09. The van der Waals surface area contributed by atoms with E-state index in [2.05, 4.69) is 10.6 Å². The number of nitrogens with one attached hydrogen (secondary N) is 2. The number of benzene rings is 3. The molecule has 3 aromatic carbocycles. The third-order valence-corrected chi connectivity index (χ3v) is 5.70.